The maximum absolute atomic E-state index is 13.9. The smallest absolute Gasteiger partial charge is 0.162 e. The fraction of sp³-hybridized carbons (Fsp3) is 0.647. The lowest BCUT2D eigenvalue weighted by molar-refractivity contribution is 0.269. The van der Waals surface area contributed by atoms with Crippen LogP contribution in [0, 0.1) is 23.0 Å². The molecule has 1 nitrogen and oxygen atoms in total. The molecule has 1 saturated carbocycles. The van der Waals surface area contributed by atoms with Gasteiger partial charge in [-0.15, -0.1) is 0 Å². The number of nitrogens with one attached hydrogen (secondary N) is 1. The van der Waals surface area contributed by atoms with Gasteiger partial charge in [0.25, 0.3) is 0 Å². The first kappa shape index (κ1) is 15.4. The van der Waals surface area contributed by atoms with Crippen molar-refractivity contribution in [3.63, 3.8) is 0 Å². The molecule has 0 radical (unpaired) electrons. The lowest BCUT2D eigenvalue weighted by atomic mass is 9.79. The van der Waals surface area contributed by atoms with E-state index in [0.717, 1.165) is 25.9 Å². The van der Waals surface area contributed by atoms with Gasteiger partial charge in [0.1, 0.15) is 0 Å². The van der Waals surface area contributed by atoms with Crippen LogP contribution >= 0.6 is 0 Å². The molecule has 0 atom stereocenters. The van der Waals surface area contributed by atoms with E-state index < -0.39 is 11.6 Å². The zero-order chi connectivity index (χ0) is 14.6. The normalized spacial score (nSPS) is 17.9. The first-order valence-corrected chi connectivity index (χ1v) is 7.66. The third kappa shape index (κ3) is 3.78. The molecule has 1 aromatic rings. The van der Waals surface area contributed by atoms with Gasteiger partial charge in [0, 0.05) is 6.54 Å². The lowest BCUT2D eigenvalue weighted by Crippen LogP contribution is -2.36. The Bertz CT molecular complexity index is 437. The van der Waals surface area contributed by atoms with Gasteiger partial charge < -0.3 is 5.32 Å². The largest absolute Gasteiger partial charge is 0.316 e. The first-order valence-electron chi connectivity index (χ1n) is 7.66. The van der Waals surface area contributed by atoms with Crippen molar-refractivity contribution in [3.05, 3.63) is 35.4 Å². The Morgan fingerprint density at radius 3 is 2.55 bits per heavy atom. The lowest BCUT2D eigenvalue weighted by Gasteiger charge is -2.30. The molecule has 3 heteroatoms. The molecule has 2 rings (SSSR count). The highest BCUT2D eigenvalue weighted by Gasteiger charge is 2.34. The first-order chi connectivity index (χ1) is 9.52. The number of halogens is 2. The zero-order valence-corrected chi connectivity index (χ0v) is 12.5. The summed E-state index contributed by atoms with van der Waals surface area (Å²) in [4.78, 5) is 0. The van der Waals surface area contributed by atoms with E-state index in [-0.39, 0.29) is 5.41 Å². The molecule has 0 unspecified atom stereocenters. The average molecular weight is 281 g/mol. The van der Waals surface area contributed by atoms with Gasteiger partial charge in [0.15, 0.2) is 11.6 Å². The van der Waals surface area contributed by atoms with Crippen LogP contribution in [0.5, 0.6) is 0 Å². The summed E-state index contributed by atoms with van der Waals surface area (Å²) in [5, 5.41) is 3.51. The van der Waals surface area contributed by atoms with Crippen LogP contribution in [0.3, 0.4) is 0 Å². The van der Waals surface area contributed by atoms with Crippen molar-refractivity contribution < 1.29 is 8.78 Å². The van der Waals surface area contributed by atoms with Crippen LogP contribution < -0.4 is 5.32 Å². The van der Waals surface area contributed by atoms with E-state index in [4.69, 9.17) is 0 Å². The summed E-state index contributed by atoms with van der Waals surface area (Å²) in [7, 11) is 0. The predicted octanol–water partition coefficient (Wildman–Crippen LogP) is 4.31. The topological polar surface area (TPSA) is 12.0 Å². The Morgan fingerprint density at radius 2 is 1.90 bits per heavy atom. The van der Waals surface area contributed by atoms with Crippen LogP contribution in [0.4, 0.5) is 8.78 Å². The van der Waals surface area contributed by atoms with Crippen molar-refractivity contribution in [2.75, 3.05) is 13.1 Å². The standard InChI is InChI=1S/C17H25F2N/c1-13(2)11-20-12-17(8-3-4-9-17)10-14-6-5-7-15(18)16(14)19/h5-7,13,20H,3-4,8-12H2,1-2H3. The van der Waals surface area contributed by atoms with Crippen molar-refractivity contribution in [3.8, 4) is 0 Å². The highest BCUT2D eigenvalue weighted by atomic mass is 19.2. The summed E-state index contributed by atoms with van der Waals surface area (Å²) in [6.07, 6.45) is 5.24. The zero-order valence-electron chi connectivity index (χ0n) is 12.5. The summed E-state index contributed by atoms with van der Waals surface area (Å²) >= 11 is 0. The Kier molecular flexibility index (Phi) is 5.14. The Balaban J connectivity index is 2.07. The SMILES string of the molecule is CC(C)CNCC1(Cc2cccc(F)c2F)CCCC1. The van der Waals surface area contributed by atoms with Crippen LogP contribution in [0.25, 0.3) is 0 Å². The predicted molar refractivity (Wildman–Crippen MR) is 78.7 cm³/mol. The molecular weight excluding hydrogens is 256 g/mol. The van der Waals surface area contributed by atoms with E-state index in [9.17, 15) is 8.78 Å². The molecule has 0 spiro atoms. The monoisotopic (exact) mass is 281 g/mol. The molecule has 0 aromatic heterocycles. The molecule has 1 fully saturated rings. The summed E-state index contributed by atoms with van der Waals surface area (Å²) in [5.74, 6) is -0.784. The minimum Gasteiger partial charge on any atom is -0.316 e. The second-order valence-electron chi connectivity index (χ2n) is 6.62. The molecule has 0 bridgehead atoms. The Morgan fingerprint density at radius 1 is 1.20 bits per heavy atom. The second-order valence-corrected chi connectivity index (χ2v) is 6.62. The summed E-state index contributed by atoms with van der Waals surface area (Å²) in [5.41, 5.74) is 0.627. The minimum absolute atomic E-state index is 0.101. The molecular formula is C17H25F2N. The summed E-state index contributed by atoms with van der Waals surface area (Å²) < 4.78 is 27.2. The number of rotatable bonds is 6. The van der Waals surface area contributed by atoms with Crippen LogP contribution in [0.15, 0.2) is 18.2 Å². The van der Waals surface area contributed by atoms with Crippen molar-refractivity contribution in [1.29, 1.82) is 0 Å². The molecule has 0 heterocycles. The maximum atomic E-state index is 13.9. The third-order valence-corrected chi connectivity index (χ3v) is 4.31. The fourth-order valence-electron chi connectivity index (χ4n) is 3.26. The third-order valence-electron chi connectivity index (χ3n) is 4.31. The second kappa shape index (κ2) is 6.66. The van der Waals surface area contributed by atoms with Gasteiger partial charge in [-0.1, -0.05) is 38.8 Å². The van der Waals surface area contributed by atoms with E-state index in [2.05, 4.69) is 19.2 Å². The summed E-state index contributed by atoms with van der Waals surface area (Å²) in [6.45, 7) is 6.25. The molecule has 0 amide bonds. The maximum Gasteiger partial charge on any atom is 0.162 e. The molecule has 112 valence electrons. The van der Waals surface area contributed by atoms with Gasteiger partial charge >= 0.3 is 0 Å². The molecule has 1 aliphatic rings. The van der Waals surface area contributed by atoms with Gasteiger partial charge in [-0.3, -0.25) is 0 Å². The number of hydrogen-bond donors (Lipinski definition) is 1. The highest BCUT2D eigenvalue weighted by Crippen LogP contribution is 2.41. The van der Waals surface area contributed by atoms with Crippen molar-refractivity contribution in [2.45, 2.75) is 46.0 Å². The average Bonchev–Trinajstić information content (AvgIpc) is 2.83. The fourth-order valence-corrected chi connectivity index (χ4v) is 3.26. The minimum atomic E-state index is -0.731. The molecule has 0 aliphatic heterocycles. The Labute approximate surface area is 120 Å². The van der Waals surface area contributed by atoms with Crippen LogP contribution in [-0.4, -0.2) is 13.1 Å². The van der Waals surface area contributed by atoms with Crippen molar-refractivity contribution in [2.24, 2.45) is 11.3 Å². The van der Waals surface area contributed by atoms with Gasteiger partial charge in [-0.2, -0.15) is 0 Å². The van der Waals surface area contributed by atoms with Crippen molar-refractivity contribution >= 4 is 0 Å². The quantitative estimate of drug-likeness (QED) is 0.819. The number of hydrogen-bond acceptors (Lipinski definition) is 1. The van der Waals surface area contributed by atoms with Gasteiger partial charge in [-0.25, -0.2) is 8.78 Å². The van der Waals surface area contributed by atoms with Crippen molar-refractivity contribution in [1.82, 2.24) is 5.32 Å². The molecule has 1 N–H and O–H groups in total. The molecule has 20 heavy (non-hydrogen) atoms. The van der Waals surface area contributed by atoms with E-state index >= 15 is 0 Å². The molecule has 1 aromatic carbocycles. The molecule has 1 aliphatic carbocycles. The van der Waals surface area contributed by atoms with Gasteiger partial charge in [0.2, 0.25) is 0 Å². The van der Waals surface area contributed by atoms with E-state index in [1.54, 1.807) is 12.1 Å². The van der Waals surface area contributed by atoms with Crippen LogP contribution in [0.1, 0.15) is 45.1 Å². The van der Waals surface area contributed by atoms with Gasteiger partial charge in [-0.05, 0) is 48.8 Å². The van der Waals surface area contributed by atoms with E-state index in [0.29, 0.717) is 17.9 Å². The van der Waals surface area contributed by atoms with Crippen LogP contribution in [-0.2, 0) is 6.42 Å². The van der Waals surface area contributed by atoms with Crippen LogP contribution in [0.2, 0.25) is 0 Å². The highest BCUT2D eigenvalue weighted by molar-refractivity contribution is 5.21. The molecule has 0 saturated heterocycles. The van der Waals surface area contributed by atoms with E-state index in [1.165, 1.54) is 18.9 Å². The number of benzene rings is 1. The van der Waals surface area contributed by atoms with E-state index in [1.807, 2.05) is 0 Å². The Hall–Kier alpha value is -0.960. The summed E-state index contributed by atoms with van der Waals surface area (Å²) in [6, 6.07) is 4.52. The van der Waals surface area contributed by atoms with Gasteiger partial charge in [0.05, 0.1) is 0 Å².